The molecule has 1 N–H and O–H groups in total. The average molecular weight is 298 g/mol. The largest absolute Gasteiger partial charge is 0.383 e. The molecule has 0 unspecified atom stereocenters. The molecule has 0 spiro atoms. The van der Waals surface area contributed by atoms with Crippen molar-refractivity contribution >= 4 is 17.3 Å². The molecule has 108 valence electrons. The summed E-state index contributed by atoms with van der Waals surface area (Å²) in [5.74, 6) is 0. The lowest BCUT2D eigenvalue weighted by Gasteiger charge is -2.10. The lowest BCUT2D eigenvalue weighted by molar-refractivity contribution is 0.182. The lowest BCUT2D eigenvalue weighted by Crippen LogP contribution is -2.26. The van der Waals surface area contributed by atoms with E-state index in [1.807, 2.05) is 13.1 Å². The number of nitrogens with one attached hydrogen (secondary N) is 1. The summed E-state index contributed by atoms with van der Waals surface area (Å²) in [5, 5.41) is 11.3. The molecule has 2 heterocycles. The Morgan fingerprint density at radius 1 is 1.45 bits per heavy atom. The van der Waals surface area contributed by atoms with Crippen molar-refractivity contribution in [2.75, 3.05) is 19.0 Å². The third-order valence-corrected chi connectivity index (χ3v) is 3.24. The normalized spacial score (nSPS) is 10.8. The molecule has 2 aromatic rings. The number of anilines is 1. The van der Waals surface area contributed by atoms with Gasteiger partial charge >= 0.3 is 0 Å². The second-order valence-corrected chi connectivity index (χ2v) is 4.57. The van der Waals surface area contributed by atoms with E-state index in [2.05, 4.69) is 15.5 Å². The monoisotopic (exact) mass is 297 g/mol. The number of hydrogen-bond acceptors (Lipinski definition) is 5. The molecule has 0 amide bonds. The van der Waals surface area contributed by atoms with E-state index >= 15 is 0 Å². The first-order valence-corrected chi connectivity index (χ1v) is 6.46. The molecule has 0 atom stereocenters. The lowest BCUT2D eigenvalue weighted by atomic mass is 10.4. The number of hydrogen-bond donors (Lipinski definition) is 1. The number of rotatable bonds is 6. The van der Waals surface area contributed by atoms with E-state index in [1.54, 1.807) is 18.0 Å². The first-order chi connectivity index (χ1) is 9.63. The van der Waals surface area contributed by atoms with Crippen LogP contribution in [0.1, 0.15) is 5.69 Å². The fraction of sp³-hybridized carbons (Fsp3) is 0.417. The summed E-state index contributed by atoms with van der Waals surface area (Å²) >= 11 is 6.06. The third-order valence-electron chi connectivity index (χ3n) is 2.87. The Hall–Kier alpha value is -1.86. The van der Waals surface area contributed by atoms with E-state index in [0.29, 0.717) is 25.4 Å². The molecule has 0 radical (unpaired) electrons. The molecule has 7 nitrogen and oxygen atoms in total. The summed E-state index contributed by atoms with van der Waals surface area (Å²) < 4.78 is 7.94. The Labute approximate surface area is 121 Å². The van der Waals surface area contributed by atoms with Crippen LogP contribution in [0.5, 0.6) is 0 Å². The first-order valence-electron chi connectivity index (χ1n) is 6.08. The van der Waals surface area contributed by atoms with E-state index in [1.165, 1.54) is 10.9 Å². The number of halogens is 1. The summed E-state index contributed by atoms with van der Waals surface area (Å²) in [7, 11) is 3.41. The highest BCUT2D eigenvalue weighted by atomic mass is 35.5. The zero-order valence-corrected chi connectivity index (χ0v) is 12.1. The van der Waals surface area contributed by atoms with Crippen LogP contribution in [0.2, 0.25) is 5.02 Å². The third kappa shape index (κ3) is 3.17. The van der Waals surface area contributed by atoms with E-state index in [9.17, 15) is 4.79 Å². The molecule has 0 fully saturated rings. The molecule has 0 aromatic carbocycles. The zero-order chi connectivity index (χ0) is 14.5. The van der Waals surface area contributed by atoms with Crippen LogP contribution in [-0.4, -0.2) is 33.3 Å². The van der Waals surface area contributed by atoms with E-state index in [4.69, 9.17) is 16.3 Å². The van der Waals surface area contributed by atoms with Crippen LogP contribution in [0.4, 0.5) is 5.69 Å². The number of aryl methyl sites for hydroxylation is 1. The fourth-order valence-electron chi connectivity index (χ4n) is 1.69. The molecule has 2 rings (SSSR count). The Morgan fingerprint density at radius 3 is 2.90 bits per heavy atom. The molecule has 0 bridgehead atoms. The van der Waals surface area contributed by atoms with Gasteiger partial charge in [0.1, 0.15) is 5.02 Å². The van der Waals surface area contributed by atoms with Crippen LogP contribution in [-0.2, 0) is 24.9 Å². The SMILES string of the molecule is COCCn1ncc(NCc2ccnn2C)c(Cl)c1=O. The van der Waals surface area contributed by atoms with Gasteiger partial charge in [-0.25, -0.2) is 4.68 Å². The zero-order valence-electron chi connectivity index (χ0n) is 11.3. The van der Waals surface area contributed by atoms with Crippen molar-refractivity contribution in [2.45, 2.75) is 13.1 Å². The molecule has 0 aliphatic rings. The maximum atomic E-state index is 12.0. The van der Waals surface area contributed by atoms with Gasteiger partial charge in [0.2, 0.25) is 0 Å². The molecule has 0 saturated heterocycles. The number of ether oxygens (including phenoxy) is 1. The summed E-state index contributed by atoms with van der Waals surface area (Å²) in [6, 6.07) is 1.88. The molecule has 0 aliphatic carbocycles. The van der Waals surface area contributed by atoms with Crippen LogP contribution in [0.3, 0.4) is 0 Å². The minimum atomic E-state index is -0.335. The van der Waals surface area contributed by atoms with Gasteiger partial charge < -0.3 is 10.1 Å². The highest BCUT2D eigenvalue weighted by molar-refractivity contribution is 6.32. The maximum absolute atomic E-state index is 12.0. The summed E-state index contributed by atoms with van der Waals surface area (Å²) in [6.45, 7) is 1.29. The van der Waals surface area contributed by atoms with Gasteiger partial charge in [0, 0.05) is 20.4 Å². The summed E-state index contributed by atoms with van der Waals surface area (Å²) in [6.07, 6.45) is 3.25. The minimum Gasteiger partial charge on any atom is -0.383 e. The van der Waals surface area contributed by atoms with Crippen LogP contribution in [0.15, 0.2) is 23.3 Å². The second-order valence-electron chi connectivity index (χ2n) is 4.19. The fourth-order valence-corrected chi connectivity index (χ4v) is 1.90. The van der Waals surface area contributed by atoms with Crippen molar-refractivity contribution in [3.63, 3.8) is 0 Å². The quantitative estimate of drug-likeness (QED) is 0.857. The Kier molecular flexibility index (Phi) is 4.75. The first kappa shape index (κ1) is 14.5. The van der Waals surface area contributed by atoms with Gasteiger partial charge in [-0.3, -0.25) is 9.48 Å². The van der Waals surface area contributed by atoms with E-state index in [-0.39, 0.29) is 10.6 Å². The van der Waals surface area contributed by atoms with Gasteiger partial charge in [0.05, 0.1) is 37.3 Å². The number of nitrogens with zero attached hydrogens (tertiary/aromatic N) is 4. The van der Waals surface area contributed by atoms with Crippen molar-refractivity contribution in [3.8, 4) is 0 Å². The topological polar surface area (TPSA) is 74.0 Å². The molecule has 0 aliphatic heterocycles. The van der Waals surface area contributed by atoms with Gasteiger partial charge in [-0.15, -0.1) is 0 Å². The maximum Gasteiger partial charge on any atom is 0.287 e. The van der Waals surface area contributed by atoms with Crippen LogP contribution >= 0.6 is 11.6 Å². The van der Waals surface area contributed by atoms with E-state index < -0.39 is 0 Å². The van der Waals surface area contributed by atoms with Crippen molar-refractivity contribution < 1.29 is 4.74 Å². The van der Waals surface area contributed by atoms with Gasteiger partial charge in [-0.05, 0) is 6.07 Å². The highest BCUT2D eigenvalue weighted by Gasteiger charge is 2.09. The average Bonchev–Trinajstić information content (AvgIpc) is 2.85. The van der Waals surface area contributed by atoms with Gasteiger partial charge in [-0.2, -0.15) is 10.2 Å². The molecule has 2 aromatic heterocycles. The van der Waals surface area contributed by atoms with Crippen molar-refractivity contribution in [1.29, 1.82) is 0 Å². The Balaban J connectivity index is 2.11. The molecule has 20 heavy (non-hydrogen) atoms. The summed E-state index contributed by atoms with van der Waals surface area (Å²) in [5.41, 5.74) is 1.15. The Bertz CT molecular complexity index is 637. The second kappa shape index (κ2) is 6.53. The van der Waals surface area contributed by atoms with Crippen molar-refractivity contribution in [3.05, 3.63) is 39.5 Å². The van der Waals surface area contributed by atoms with E-state index in [0.717, 1.165) is 5.69 Å². The van der Waals surface area contributed by atoms with Crippen molar-refractivity contribution in [2.24, 2.45) is 7.05 Å². The smallest absolute Gasteiger partial charge is 0.287 e. The molecule has 0 saturated carbocycles. The van der Waals surface area contributed by atoms with Crippen LogP contribution < -0.4 is 10.9 Å². The highest BCUT2D eigenvalue weighted by Crippen LogP contribution is 2.16. The standard InChI is InChI=1S/C12H16ClN5O2/c1-17-9(3-4-15-17)7-14-10-8-16-18(5-6-20-2)12(19)11(10)13/h3-4,8,14H,5-7H2,1-2H3. The minimum absolute atomic E-state index is 0.123. The van der Waals surface area contributed by atoms with Gasteiger partial charge in [-0.1, -0.05) is 11.6 Å². The predicted molar refractivity (Wildman–Crippen MR) is 75.9 cm³/mol. The van der Waals surface area contributed by atoms with Crippen molar-refractivity contribution in [1.82, 2.24) is 19.6 Å². The van der Waals surface area contributed by atoms with Crippen LogP contribution in [0.25, 0.3) is 0 Å². The molecular formula is C12H16ClN5O2. The Morgan fingerprint density at radius 2 is 2.25 bits per heavy atom. The van der Waals surface area contributed by atoms with Crippen LogP contribution in [0, 0.1) is 0 Å². The summed E-state index contributed by atoms with van der Waals surface area (Å²) in [4.78, 5) is 12.0. The molecular weight excluding hydrogens is 282 g/mol. The number of aromatic nitrogens is 4. The van der Waals surface area contributed by atoms with Gasteiger partial charge in [0.15, 0.2) is 0 Å². The predicted octanol–water partition coefficient (Wildman–Crippen LogP) is 0.889. The number of methoxy groups -OCH3 is 1. The molecule has 8 heteroatoms. The van der Waals surface area contributed by atoms with Gasteiger partial charge in [0.25, 0.3) is 5.56 Å².